The Bertz CT molecular complexity index is 1380. The SMILES string of the molecule is Cc1cc(-c2ccc(/C=C3\SC(=S)N(NC(=O)c4ccc(Cl)cc4)C3=O)o2)c([N+](=O)[O-])cc1C. The molecule has 8 nitrogen and oxygen atoms in total. The van der Waals surface area contributed by atoms with E-state index in [0.29, 0.717) is 27.7 Å². The highest BCUT2D eigenvalue weighted by Gasteiger charge is 2.34. The number of hydrogen-bond donors (Lipinski definition) is 1. The summed E-state index contributed by atoms with van der Waals surface area (Å²) >= 11 is 12.1. The molecule has 34 heavy (non-hydrogen) atoms. The van der Waals surface area contributed by atoms with Crippen molar-refractivity contribution in [2.24, 2.45) is 0 Å². The Balaban J connectivity index is 1.56. The third-order valence-corrected chi connectivity index (χ3v) is 6.64. The van der Waals surface area contributed by atoms with E-state index in [4.69, 9.17) is 28.2 Å². The summed E-state index contributed by atoms with van der Waals surface area (Å²) in [6.45, 7) is 3.66. The number of nitro benzene ring substituents is 1. The predicted molar refractivity (Wildman–Crippen MR) is 134 cm³/mol. The van der Waals surface area contributed by atoms with E-state index < -0.39 is 16.7 Å². The summed E-state index contributed by atoms with van der Waals surface area (Å²) < 4.78 is 5.94. The van der Waals surface area contributed by atoms with Gasteiger partial charge < -0.3 is 4.42 Å². The Morgan fingerprint density at radius 2 is 1.85 bits per heavy atom. The smallest absolute Gasteiger partial charge is 0.285 e. The average molecular weight is 514 g/mol. The Kier molecular flexibility index (Phi) is 6.56. The molecule has 1 aliphatic rings. The Morgan fingerprint density at radius 1 is 1.18 bits per heavy atom. The van der Waals surface area contributed by atoms with Crippen molar-refractivity contribution >= 4 is 63.5 Å². The number of nitrogens with zero attached hydrogens (tertiary/aromatic N) is 2. The zero-order valence-electron chi connectivity index (χ0n) is 17.8. The first-order valence-corrected chi connectivity index (χ1v) is 11.4. The van der Waals surface area contributed by atoms with Crippen LogP contribution in [0.3, 0.4) is 0 Å². The number of thiocarbonyl (C=S) groups is 1. The fraction of sp³-hybridized carbons (Fsp3) is 0.0870. The van der Waals surface area contributed by atoms with Gasteiger partial charge in [-0.2, -0.15) is 5.01 Å². The van der Waals surface area contributed by atoms with Gasteiger partial charge in [-0.25, -0.2) is 0 Å². The molecule has 11 heteroatoms. The van der Waals surface area contributed by atoms with Crippen LogP contribution in [0.2, 0.25) is 5.02 Å². The van der Waals surface area contributed by atoms with Gasteiger partial charge in [0.1, 0.15) is 11.5 Å². The number of furan rings is 1. The third-order valence-electron chi connectivity index (χ3n) is 5.09. The number of nitro groups is 1. The molecule has 0 aliphatic carbocycles. The average Bonchev–Trinajstić information content (AvgIpc) is 3.36. The standard InChI is InChI=1S/C23H16ClN3O5S2/c1-12-9-17(18(27(30)31)10-13(12)2)19-8-7-16(32-19)11-20-22(29)26(23(33)34-20)25-21(28)14-3-5-15(24)6-4-14/h3-11H,1-2H3,(H,25,28)/b20-11-. The number of nitrogens with one attached hydrogen (secondary N) is 1. The van der Waals surface area contributed by atoms with Gasteiger partial charge in [0, 0.05) is 22.7 Å². The van der Waals surface area contributed by atoms with Gasteiger partial charge in [0.2, 0.25) is 0 Å². The molecule has 0 bridgehead atoms. The summed E-state index contributed by atoms with van der Waals surface area (Å²) in [7, 11) is 0. The molecule has 1 aliphatic heterocycles. The lowest BCUT2D eigenvalue weighted by Gasteiger charge is -2.15. The second-order valence-corrected chi connectivity index (χ2v) is 9.49. The molecule has 1 fully saturated rings. The van der Waals surface area contributed by atoms with E-state index in [1.165, 1.54) is 24.3 Å². The minimum absolute atomic E-state index is 0.0692. The summed E-state index contributed by atoms with van der Waals surface area (Å²) in [5.74, 6) is -0.427. The van der Waals surface area contributed by atoms with Crippen LogP contribution in [0.25, 0.3) is 17.4 Å². The fourth-order valence-corrected chi connectivity index (χ4v) is 4.47. The number of thioether (sulfide) groups is 1. The van der Waals surface area contributed by atoms with Crippen LogP contribution in [0.4, 0.5) is 5.69 Å². The van der Waals surface area contributed by atoms with Gasteiger partial charge in [-0.05, 0) is 79.7 Å². The van der Waals surface area contributed by atoms with Crippen LogP contribution in [0.1, 0.15) is 27.2 Å². The molecule has 2 aromatic carbocycles. The third kappa shape index (κ3) is 4.74. The topological polar surface area (TPSA) is 106 Å². The molecule has 0 spiro atoms. The molecular weight excluding hydrogens is 498 g/mol. The second-order valence-electron chi connectivity index (χ2n) is 7.38. The molecular formula is C23H16ClN3O5S2. The van der Waals surface area contributed by atoms with Gasteiger partial charge in [0.15, 0.2) is 4.32 Å². The normalized spacial score (nSPS) is 14.7. The van der Waals surface area contributed by atoms with E-state index in [9.17, 15) is 19.7 Å². The fourth-order valence-electron chi connectivity index (χ4n) is 3.19. The summed E-state index contributed by atoms with van der Waals surface area (Å²) in [6.07, 6.45) is 1.48. The molecule has 4 rings (SSSR count). The molecule has 0 atom stereocenters. The van der Waals surface area contributed by atoms with Gasteiger partial charge in [0.25, 0.3) is 17.5 Å². The van der Waals surface area contributed by atoms with Gasteiger partial charge in [-0.3, -0.25) is 25.1 Å². The highest BCUT2D eigenvalue weighted by atomic mass is 35.5. The van der Waals surface area contributed by atoms with Crippen molar-refractivity contribution in [2.75, 3.05) is 0 Å². The number of carbonyl (C=O) groups is 2. The first kappa shape index (κ1) is 23.7. The number of halogens is 1. The van der Waals surface area contributed by atoms with E-state index >= 15 is 0 Å². The zero-order chi connectivity index (χ0) is 24.6. The lowest BCUT2D eigenvalue weighted by molar-refractivity contribution is -0.384. The summed E-state index contributed by atoms with van der Waals surface area (Å²) in [5, 5.41) is 13.0. The largest absolute Gasteiger partial charge is 0.456 e. The number of hydrazine groups is 1. The maximum atomic E-state index is 12.8. The lowest BCUT2D eigenvalue weighted by Crippen LogP contribution is -2.44. The molecule has 1 saturated heterocycles. The van der Waals surface area contributed by atoms with Crippen molar-refractivity contribution in [3.05, 3.63) is 91.0 Å². The maximum absolute atomic E-state index is 12.8. The molecule has 0 radical (unpaired) electrons. The van der Waals surface area contributed by atoms with Crippen molar-refractivity contribution < 1.29 is 18.9 Å². The minimum atomic E-state index is -0.521. The van der Waals surface area contributed by atoms with E-state index in [1.807, 2.05) is 6.92 Å². The zero-order valence-corrected chi connectivity index (χ0v) is 20.2. The highest BCUT2D eigenvalue weighted by Crippen LogP contribution is 2.36. The maximum Gasteiger partial charge on any atom is 0.285 e. The van der Waals surface area contributed by atoms with Gasteiger partial charge in [0.05, 0.1) is 15.4 Å². The number of carbonyl (C=O) groups excluding carboxylic acids is 2. The van der Waals surface area contributed by atoms with Crippen molar-refractivity contribution in [1.29, 1.82) is 0 Å². The van der Waals surface area contributed by atoms with Gasteiger partial charge in [-0.15, -0.1) is 0 Å². The van der Waals surface area contributed by atoms with Crippen LogP contribution in [0.5, 0.6) is 0 Å². The van der Waals surface area contributed by atoms with Gasteiger partial charge >= 0.3 is 0 Å². The Hall–Kier alpha value is -3.47. The predicted octanol–water partition coefficient (Wildman–Crippen LogP) is 5.67. The molecule has 0 saturated carbocycles. The first-order chi connectivity index (χ1) is 16.1. The Morgan fingerprint density at radius 3 is 2.53 bits per heavy atom. The van der Waals surface area contributed by atoms with Crippen molar-refractivity contribution in [3.63, 3.8) is 0 Å². The Labute approximate surface area is 208 Å². The second kappa shape index (κ2) is 9.41. The van der Waals surface area contributed by atoms with E-state index in [1.54, 1.807) is 37.3 Å². The summed E-state index contributed by atoms with van der Waals surface area (Å²) in [4.78, 5) is 36.6. The van der Waals surface area contributed by atoms with Crippen molar-refractivity contribution in [2.45, 2.75) is 13.8 Å². The van der Waals surface area contributed by atoms with E-state index in [2.05, 4.69) is 5.43 Å². The molecule has 172 valence electrons. The molecule has 3 aromatic rings. The lowest BCUT2D eigenvalue weighted by atomic mass is 10.0. The van der Waals surface area contributed by atoms with Crippen molar-refractivity contribution in [3.8, 4) is 11.3 Å². The molecule has 2 heterocycles. The molecule has 1 N–H and O–H groups in total. The number of amides is 2. The van der Waals surface area contributed by atoms with Crippen LogP contribution in [0, 0.1) is 24.0 Å². The highest BCUT2D eigenvalue weighted by molar-refractivity contribution is 8.26. The van der Waals surface area contributed by atoms with Crippen LogP contribution in [-0.2, 0) is 4.79 Å². The number of benzene rings is 2. The van der Waals surface area contributed by atoms with Gasteiger partial charge in [-0.1, -0.05) is 23.4 Å². The van der Waals surface area contributed by atoms with Crippen LogP contribution < -0.4 is 5.43 Å². The minimum Gasteiger partial charge on any atom is -0.456 e. The van der Waals surface area contributed by atoms with Crippen molar-refractivity contribution in [1.82, 2.24) is 10.4 Å². The molecule has 2 amide bonds. The first-order valence-electron chi connectivity index (χ1n) is 9.84. The molecule has 0 unspecified atom stereocenters. The van der Waals surface area contributed by atoms with Crippen LogP contribution >= 0.6 is 35.6 Å². The number of rotatable bonds is 5. The number of hydrogen-bond acceptors (Lipinski definition) is 7. The summed E-state index contributed by atoms with van der Waals surface area (Å²) in [5.41, 5.74) is 4.76. The summed E-state index contributed by atoms with van der Waals surface area (Å²) in [6, 6.07) is 12.6. The number of aryl methyl sites for hydroxylation is 2. The van der Waals surface area contributed by atoms with Crippen LogP contribution in [-0.4, -0.2) is 26.1 Å². The van der Waals surface area contributed by atoms with E-state index in [0.717, 1.165) is 27.9 Å². The monoisotopic (exact) mass is 513 g/mol. The van der Waals surface area contributed by atoms with E-state index in [-0.39, 0.29) is 14.9 Å². The quantitative estimate of drug-likeness (QED) is 0.203. The van der Waals surface area contributed by atoms with Crippen LogP contribution in [0.15, 0.2) is 57.9 Å². The molecule has 1 aromatic heterocycles.